The van der Waals surface area contributed by atoms with Crippen LogP contribution in [0.25, 0.3) is 0 Å². The molecule has 17 heavy (non-hydrogen) atoms. The molecule has 0 aliphatic heterocycles. The van der Waals surface area contributed by atoms with E-state index in [2.05, 4.69) is 34.6 Å². The molecule has 0 bridgehead atoms. The summed E-state index contributed by atoms with van der Waals surface area (Å²) in [6.45, 7) is 11.1. The molecule has 0 fully saturated rings. The van der Waals surface area contributed by atoms with Crippen LogP contribution in [0.3, 0.4) is 0 Å². The number of aromatic hydroxyl groups is 1. The first-order chi connectivity index (χ1) is 6.72. The Labute approximate surface area is 153 Å². The van der Waals surface area contributed by atoms with Gasteiger partial charge < -0.3 is 18.6 Å². The minimum atomic E-state index is 0. The van der Waals surface area contributed by atoms with E-state index in [4.69, 9.17) is 0 Å². The van der Waals surface area contributed by atoms with Gasteiger partial charge >= 0.3 is 48.9 Å². The van der Waals surface area contributed by atoms with Crippen molar-refractivity contribution < 1.29 is 5.11 Å². The van der Waals surface area contributed by atoms with Crippen LogP contribution in [-0.4, -0.2) is 54.0 Å². The number of para-hydroxylation sites is 1. The van der Waals surface area contributed by atoms with E-state index in [-0.39, 0.29) is 73.2 Å². The quantitative estimate of drug-likeness (QED) is 0.781. The summed E-state index contributed by atoms with van der Waals surface area (Å²) in [6.07, 6.45) is 1.05. The van der Waals surface area contributed by atoms with Crippen LogP contribution in [0.2, 0.25) is 0 Å². The van der Waals surface area contributed by atoms with Gasteiger partial charge in [0.15, 0.2) is 0 Å². The molecule has 3 heteroatoms. The van der Waals surface area contributed by atoms with E-state index in [1.165, 1.54) is 0 Å². The standard InChI is InChI=1S/C14H22O.Ba.S/c1-13(2,3)10-14(4,5)11-8-6-7-9-12(11)15;;/h6-9,15H,10H2,1-5H3;;/q;+2;-2. The number of hydrogen-bond acceptors (Lipinski definition) is 1. The molecular weight excluding hydrogens is 354 g/mol. The second-order valence-electron chi connectivity index (χ2n) is 6.14. The maximum atomic E-state index is 9.84. The summed E-state index contributed by atoms with van der Waals surface area (Å²) in [6, 6.07) is 7.63. The van der Waals surface area contributed by atoms with Crippen LogP contribution >= 0.6 is 0 Å². The van der Waals surface area contributed by atoms with Gasteiger partial charge in [-0.3, -0.25) is 0 Å². The van der Waals surface area contributed by atoms with Crippen LogP contribution in [0, 0.1) is 5.41 Å². The van der Waals surface area contributed by atoms with Crippen molar-refractivity contribution in [1.82, 2.24) is 0 Å². The molecule has 92 valence electrons. The monoisotopic (exact) mass is 376 g/mol. The average Bonchev–Trinajstić information content (AvgIpc) is 1.99. The molecule has 0 aliphatic carbocycles. The van der Waals surface area contributed by atoms with E-state index in [1.54, 1.807) is 6.07 Å². The van der Waals surface area contributed by atoms with Gasteiger partial charge in [-0.15, -0.1) is 0 Å². The summed E-state index contributed by atoms with van der Waals surface area (Å²) in [5, 5.41) is 9.84. The van der Waals surface area contributed by atoms with Crippen LogP contribution in [0.4, 0.5) is 0 Å². The number of phenols is 1. The second kappa shape index (κ2) is 7.51. The topological polar surface area (TPSA) is 20.2 Å². The molecule has 1 aromatic rings. The molecule has 0 spiro atoms. The van der Waals surface area contributed by atoms with Crippen molar-refractivity contribution in [2.75, 3.05) is 0 Å². The number of rotatable bonds is 2. The first kappa shape index (κ1) is 20.3. The third kappa shape index (κ3) is 6.60. The molecule has 1 nitrogen and oxygen atoms in total. The summed E-state index contributed by atoms with van der Waals surface area (Å²) in [4.78, 5) is 0. The first-order valence-corrected chi connectivity index (χ1v) is 5.51. The molecule has 0 amide bonds. The van der Waals surface area contributed by atoms with Gasteiger partial charge in [0.2, 0.25) is 0 Å². The Morgan fingerprint density at radius 1 is 1.00 bits per heavy atom. The third-order valence-corrected chi connectivity index (χ3v) is 2.61. The summed E-state index contributed by atoms with van der Waals surface area (Å²) >= 11 is 0. The fourth-order valence-corrected chi connectivity index (χ4v) is 2.47. The Morgan fingerprint density at radius 3 is 1.88 bits per heavy atom. The number of phenolic OH excluding ortho intramolecular Hbond substituents is 1. The van der Waals surface area contributed by atoms with E-state index in [0.717, 1.165) is 12.0 Å². The van der Waals surface area contributed by atoms with Crippen molar-refractivity contribution in [1.29, 1.82) is 0 Å². The second-order valence-corrected chi connectivity index (χ2v) is 6.14. The molecule has 0 aromatic heterocycles. The van der Waals surface area contributed by atoms with Gasteiger partial charge in [0, 0.05) is 0 Å². The Balaban J connectivity index is 0. The smallest absolute Gasteiger partial charge is 2.00 e. The predicted octanol–water partition coefficient (Wildman–Crippen LogP) is 3.72. The maximum Gasteiger partial charge on any atom is 2.00 e. The number of hydrogen-bond donors (Lipinski definition) is 1. The zero-order valence-corrected chi connectivity index (χ0v) is 16.8. The summed E-state index contributed by atoms with van der Waals surface area (Å²) in [5.41, 5.74) is 1.33. The predicted molar refractivity (Wildman–Crippen MR) is 78.3 cm³/mol. The fraction of sp³-hybridized carbons (Fsp3) is 0.571. The van der Waals surface area contributed by atoms with Crippen molar-refractivity contribution in [3.05, 3.63) is 29.8 Å². The molecule has 0 saturated carbocycles. The zero-order valence-electron chi connectivity index (χ0n) is 11.6. The summed E-state index contributed by atoms with van der Waals surface area (Å²) in [7, 11) is 0. The van der Waals surface area contributed by atoms with Gasteiger partial charge in [0.25, 0.3) is 0 Å². The van der Waals surface area contributed by atoms with Crippen molar-refractivity contribution >= 4 is 62.4 Å². The van der Waals surface area contributed by atoms with E-state index < -0.39 is 0 Å². The van der Waals surface area contributed by atoms with Gasteiger partial charge in [-0.2, -0.15) is 0 Å². The largest absolute Gasteiger partial charge is 2.00 e. The molecular formula is C14H22BaOS. The molecule has 0 radical (unpaired) electrons. The van der Waals surface area contributed by atoms with Gasteiger partial charge in [-0.1, -0.05) is 52.8 Å². The Hall–Kier alpha value is 0.941. The van der Waals surface area contributed by atoms with Gasteiger partial charge in [0.05, 0.1) is 0 Å². The molecule has 1 rings (SSSR count). The normalized spacial score (nSPS) is 11.4. The first-order valence-electron chi connectivity index (χ1n) is 5.51. The van der Waals surface area contributed by atoms with Crippen LogP contribution in [0.15, 0.2) is 24.3 Å². The SMILES string of the molecule is CC(C)(C)CC(C)(C)c1ccccc1O.[Ba+2].[S-2]. The van der Waals surface area contributed by atoms with Crippen LogP contribution in [-0.2, 0) is 18.9 Å². The number of benzene rings is 1. The van der Waals surface area contributed by atoms with Crippen molar-refractivity contribution in [2.24, 2.45) is 5.41 Å². The van der Waals surface area contributed by atoms with Crippen LogP contribution in [0.1, 0.15) is 46.6 Å². The molecule has 1 aromatic carbocycles. The maximum absolute atomic E-state index is 9.84. The van der Waals surface area contributed by atoms with E-state index in [0.29, 0.717) is 5.75 Å². The van der Waals surface area contributed by atoms with Gasteiger partial charge in [0.1, 0.15) is 5.75 Å². The Bertz CT molecular complexity index is 342. The molecule has 0 unspecified atom stereocenters. The minimum Gasteiger partial charge on any atom is -2.00 e. The summed E-state index contributed by atoms with van der Waals surface area (Å²) in [5.74, 6) is 0.409. The molecule has 0 heterocycles. The Morgan fingerprint density at radius 2 is 1.47 bits per heavy atom. The van der Waals surface area contributed by atoms with Gasteiger partial charge in [-0.05, 0) is 28.9 Å². The van der Waals surface area contributed by atoms with E-state index in [9.17, 15) is 5.11 Å². The van der Waals surface area contributed by atoms with Gasteiger partial charge in [-0.25, -0.2) is 0 Å². The fourth-order valence-electron chi connectivity index (χ4n) is 2.47. The van der Waals surface area contributed by atoms with Crippen LogP contribution in [0.5, 0.6) is 5.75 Å². The summed E-state index contributed by atoms with van der Waals surface area (Å²) < 4.78 is 0. The molecule has 0 atom stereocenters. The van der Waals surface area contributed by atoms with Crippen molar-refractivity contribution in [3.8, 4) is 5.75 Å². The molecule has 0 aliphatic rings. The molecule has 0 saturated heterocycles. The van der Waals surface area contributed by atoms with Crippen molar-refractivity contribution in [3.63, 3.8) is 0 Å². The average molecular weight is 376 g/mol. The van der Waals surface area contributed by atoms with Crippen molar-refractivity contribution in [2.45, 2.75) is 46.5 Å². The van der Waals surface area contributed by atoms with E-state index >= 15 is 0 Å². The molecule has 1 N–H and O–H groups in total. The Kier molecular flexibility index (Phi) is 8.95. The third-order valence-electron chi connectivity index (χ3n) is 2.61. The van der Waals surface area contributed by atoms with Crippen LogP contribution < -0.4 is 0 Å². The van der Waals surface area contributed by atoms with E-state index in [1.807, 2.05) is 18.2 Å². The minimum absolute atomic E-state index is 0. The zero-order chi connectivity index (χ0) is 11.7.